The number of hydrogen-bond acceptors (Lipinski definition) is 4. The van der Waals surface area contributed by atoms with E-state index >= 15 is 0 Å². The van der Waals surface area contributed by atoms with Crippen LogP contribution in [0.15, 0.2) is 30.3 Å². The van der Waals surface area contributed by atoms with Crippen molar-refractivity contribution in [2.45, 2.75) is 38.1 Å². The van der Waals surface area contributed by atoms with Crippen molar-refractivity contribution in [2.75, 3.05) is 39.3 Å². The minimum Gasteiger partial charge on any atom is -0.387 e. The van der Waals surface area contributed by atoms with Crippen LogP contribution >= 0.6 is 0 Å². The Kier molecular flexibility index (Phi) is 7.24. The van der Waals surface area contributed by atoms with E-state index in [0.717, 1.165) is 45.2 Å². The number of rotatable bonds is 6. The number of carbonyl (C=O) groups is 2. The molecule has 27 heavy (non-hydrogen) atoms. The second-order valence-electron chi connectivity index (χ2n) is 7.63. The Bertz CT molecular complexity index is 614. The fraction of sp³-hybridized carbons (Fsp3) is 0.619. The molecule has 0 radical (unpaired) electrons. The minimum absolute atomic E-state index is 0.0617. The van der Waals surface area contributed by atoms with Gasteiger partial charge in [0.05, 0.1) is 5.92 Å². The standard InChI is InChI=1S/C21H31N3O3/c25-16-20(26)23-13-9-19(10-14-23)24-12-4-7-18(15-24)21(27)22-11-8-17-5-2-1-3-6-17/h1-3,5-6,18-19,25H,4,7-16H2,(H,22,27)/t18-/m1/s1. The van der Waals surface area contributed by atoms with Crippen molar-refractivity contribution in [1.82, 2.24) is 15.1 Å². The summed E-state index contributed by atoms with van der Waals surface area (Å²) in [5.74, 6) is 0.0536. The Morgan fingerprint density at radius 3 is 2.52 bits per heavy atom. The monoisotopic (exact) mass is 373 g/mol. The molecule has 6 nitrogen and oxygen atoms in total. The first-order chi connectivity index (χ1) is 13.2. The highest BCUT2D eigenvalue weighted by Gasteiger charge is 2.32. The van der Waals surface area contributed by atoms with Crippen molar-refractivity contribution < 1.29 is 14.7 Å². The molecule has 6 heteroatoms. The molecule has 0 aliphatic carbocycles. The molecule has 1 atom stereocenters. The zero-order valence-electron chi connectivity index (χ0n) is 16.0. The third kappa shape index (κ3) is 5.53. The maximum atomic E-state index is 12.6. The molecule has 2 aliphatic heterocycles. The van der Waals surface area contributed by atoms with Crippen molar-refractivity contribution in [1.29, 1.82) is 0 Å². The van der Waals surface area contributed by atoms with Gasteiger partial charge in [-0.05, 0) is 44.2 Å². The molecule has 0 saturated carbocycles. The normalized spacial score (nSPS) is 21.8. The predicted octanol–water partition coefficient (Wildman–Crippen LogP) is 1.04. The Hall–Kier alpha value is -1.92. The highest BCUT2D eigenvalue weighted by molar-refractivity contribution is 5.79. The molecular formula is C21H31N3O3. The molecule has 2 heterocycles. The van der Waals surface area contributed by atoms with Gasteiger partial charge in [-0.1, -0.05) is 30.3 Å². The van der Waals surface area contributed by atoms with Crippen molar-refractivity contribution in [3.05, 3.63) is 35.9 Å². The van der Waals surface area contributed by atoms with Crippen LogP contribution in [0.4, 0.5) is 0 Å². The Morgan fingerprint density at radius 1 is 1.07 bits per heavy atom. The molecule has 2 N–H and O–H groups in total. The average molecular weight is 373 g/mol. The molecular weight excluding hydrogens is 342 g/mol. The summed E-state index contributed by atoms with van der Waals surface area (Å²) in [7, 11) is 0. The van der Waals surface area contributed by atoms with Gasteiger partial charge in [-0.15, -0.1) is 0 Å². The topological polar surface area (TPSA) is 72.9 Å². The van der Waals surface area contributed by atoms with Crippen molar-refractivity contribution in [3.8, 4) is 0 Å². The van der Waals surface area contributed by atoms with Crippen molar-refractivity contribution in [2.24, 2.45) is 5.92 Å². The molecule has 2 fully saturated rings. The summed E-state index contributed by atoms with van der Waals surface area (Å²) in [5, 5.41) is 12.1. The zero-order chi connectivity index (χ0) is 19.1. The number of nitrogens with zero attached hydrogens (tertiary/aromatic N) is 2. The van der Waals surface area contributed by atoms with Gasteiger partial charge in [-0.2, -0.15) is 0 Å². The number of piperidine rings is 2. The molecule has 0 aromatic heterocycles. The molecule has 2 saturated heterocycles. The number of hydrogen-bond donors (Lipinski definition) is 2. The van der Waals surface area contributed by atoms with Crippen LogP contribution in [0.1, 0.15) is 31.2 Å². The predicted molar refractivity (Wildman–Crippen MR) is 104 cm³/mol. The Morgan fingerprint density at radius 2 is 1.81 bits per heavy atom. The second kappa shape index (κ2) is 9.85. The van der Waals surface area contributed by atoms with E-state index in [4.69, 9.17) is 5.11 Å². The third-order valence-electron chi connectivity index (χ3n) is 5.85. The van der Waals surface area contributed by atoms with Crippen LogP contribution in [-0.4, -0.2) is 72.1 Å². The van der Waals surface area contributed by atoms with Gasteiger partial charge in [0.1, 0.15) is 6.61 Å². The second-order valence-corrected chi connectivity index (χ2v) is 7.63. The fourth-order valence-electron chi connectivity index (χ4n) is 4.25. The molecule has 0 spiro atoms. The smallest absolute Gasteiger partial charge is 0.248 e. The van der Waals surface area contributed by atoms with Gasteiger partial charge >= 0.3 is 0 Å². The number of amides is 2. The first-order valence-electron chi connectivity index (χ1n) is 10.1. The molecule has 0 bridgehead atoms. The lowest BCUT2D eigenvalue weighted by molar-refractivity contribution is -0.135. The zero-order valence-corrected chi connectivity index (χ0v) is 16.0. The largest absolute Gasteiger partial charge is 0.387 e. The molecule has 2 aliphatic rings. The van der Waals surface area contributed by atoms with E-state index in [9.17, 15) is 9.59 Å². The van der Waals surface area contributed by atoms with Gasteiger partial charge in [-0.3, -0.25) is 14.5 Å². The summed E-state index contributed by atoms with van der Waals surface area (Å²) >= 11 is 0. The number of likely N-dealkylation sites (tertiary alicyclic amines) is 2. The van der Waals surface area contributed by atoms with Crippen molar-refractivity contribution >= 4 is 11.8 Å². The van der Waals surface area contributed by atoms with E-state index in [-0.39, 0.29) is 17.7 Å². The fourth-order valence-corrected chi connectivity index (χ4v) is 4.25. The summed E-state index contributed by atoms with van der Waals surface area (Å²) in [6, 6.07) is 10.7. The Balaban J connectivity index is 1.42. The van der Waals surface area contributed by atoms with Gasteiger partial charge < -0.3 is 15.3 Å². The lowest BCUT2D eigenvalue weighted by Gasteiger charge is -2.42. The SMILES string of the molecule is O=C(NCCc1ccccc1)[C@@H]1CCCN(C2CCN(C(=O)CO)CC2)C1. The summed E-state index contributed by atoms with van der Waals surface area (Å²) in [6.45, 7) is 3.53. The van der Waals surface area contributed by atoms with Crippen LogP contribution in [0.3, 0.4) is 0 Å². The van der Waals surface area contributed by atoms with Gasteiger partial charge in [-0.25, -0.2) is 0 Å². The van der Waals surface area contributed by atoms with E-state index in [2.05, 4.69) is 22.3 Å². The third-order valence-corrected chi connectivity index (χ3v) is 5.85. The number of benzene rings is 1. The summed E-state index contributed by atoms with van der Waals surface area (Å²) in [6.07, 6.45) is 4.71. The summed E-state index contributed by atoms with van der Waals surface area (Å²) < 4.78 is 0. The van der Waals surface area contributed by atoms with E-state index in [1.54, 1.807) is 4.90 Å². The molecule has 3 rings (SSSR count). The van der Waals surface area contributed by atoms with Crippen molar-refractivity contribution in [3.63, 3.8) is 0 Å². The average Bonchev–Trinajstić information content (AvgIpc) is 2.74. The summed E-state index contributed by atoms with van der Waals surface area (Å²) in [5.41, 5.74) is 1.24. The van der Waals surface area contributed by atoms with Crippen LogP contribution in [0.5, 0.6) is 0 Å². The highest BCUT2D eigenvalue weighted by atomic mass is 16.3. The molecule has 2 amide bonds. The van der Waals surface area contributed by atoms with E-state index in [1.165, 1.54) is 5.56 Å². The van der Waals surface area contributed by atoms with Crippen LogP contribution in [-0.2, 0) is 16.0 Å². The molecule has 1 aromatic carbocycles. The van der Waals surface area contributed by atoms with E-state index in [0.29, 0.717) is 25.7 Å². The lowest BCUT2D eigenvalue weighted by Crippen LogP contribution is -2.52. The van der Waals surface area contributed by atoms with Crippen LogP contribution in [0.2, 0.25) is 0 Å². The number of nitrogens with one attached hydrogen (secondary N) is 1. The van der Waals surface area contributed by atoms with Crippen LogP contribution in [0, 0.1) is 5.92 Å². The number of aliphatic hydroxyl groups excluding tert-OH is 1. The van der Waals surface area contributed by atoms with Gasteiger partial charge in [0.25, 0.3) is 0 Å². The van der Waals surface area contributed by atoms with Gasteiger partial charge in [0.15, 0.2) is 0 Å². The molecule has 148 valence electrons. The van der Waals surface area contributed by atoms with E-state index in [1.807, 2.05) is 18.2 Å². The maximum absolute atomic E-state index is 12.6. The summed E-state index contributed by atoms with van der Waals surface area (Å²) in [4.78, 5) is 28.4. The van der Waals surface area contributed by atoms with Gasteiger partial charge in [0, 0.05) is 32.2 Å². The number of carbonyl (C=O) groups excluding carboxylic acids is 2. The Labute approximate surface area is 161 Å². The molecule has 0 unspecified atom stereocenters. The maximum Gasteiger partial charge on any atom is 0.248 e. The van der Waals surface area contributed by atoms with Crippen LogP contribution in [0.25, 0.3) is 0 Å². The lowest BCUT2D eigenvalue weighted by atomic mass is 9.93. The van der Waals surface area contributed by atoms with Gasteiger partial charge in [0.2, 0.25) is 11.8 Å². The minimum atomic E-state index is -0.403. The van der Waals surface area contributed by atoms with Crippen LogP contribution < -0.4 is 5.32 Å². The highest BCUT2D eigenvalue weighted by Crippen LogP contribution is 2.24. The molecule has 1 aromatic rings. The first kappa shape index (κ1) is 19.8. The quantitative estimate of drug-likeness (QED) is 0.782. The number of aliphatic hydroxyl groups is 1. The first-order valence-corrected chi connectivity index (χ1v) is 10.1. The van der Waals surface area contributed by atoms with E-state index < -0.39 is 6.61 Å².